The predicted octanol–water partition coefficient (Wildman–Crippen LogP) is 4.07. The molecule has 140 valence electrons. The molecule has 2 aromatic rings. The molecule has 0 saturated heterocycles. The zero-order chi connectivity index (χ0) is 18.8. The SMILES string of the molecule is CCOc1ccc(CCNC(=O)CSc2ccc(F)cc2)cc1OCC. The minimum atomic E-state index is -0.277. The lowest BCUT2D eigenvalue weighted by molar-refractivity contribution is -0.118. The molecule has 2 rings (SSSR count). The molecule has 0 unspecified atom stereocenters. The molecular weight excluding hydrogens is 353 g/mol. The van der Waals surface area contributed by atoms with Crippen molar-refractivity contribution in [3.8, 4) is 11.5 Å². The molecule has 0 radical (unpaired) electrons. The maximum atomic E-state index is 12.9. The van der Waals surface area contributed by atoms with Crippen LogP contribution in [0.25, 0.3) is 0 Å². The van der Waals surface area contributed by atoms with Crippen LogP contribution in [0.2, 0.25) is 0 Å². The van der Waals surface area contributed by atoms with E-state index in [0.717, 1.165) is 22.0 Å². The highest BCUT2D eigenvalue weighted by atomic mass is 32.2. The Bertz CT molecular complexity index is 707. The number of carbonyl (C=O) groups excluding carboxylic acids is 1. The molecule has 0 saturated carbocycles. The van der Waals surface area contributed by atoms with Gasteiger partial charge in [0.1, 0.15) is 5.82 Å². The molecule has 0 aliphatic rings. The van der Waals surface area contributed by atoms with Crippen LogP contribution in [0.1, 0.15) is 19.4 Å². The van der Waals surface area contributed by atoms with Gasteiger partial charge in [0, 0.05) is 11.4 Å². The summed E-state index contributed by atoms with van der Waals surface area (Å²) in [7, 11) is 0. The Morgan fingerprint density at radius 2 is 1.73 bits per heavy atom. The first-order valence-electron chi connectivity index (χ1n) is 8.66. The second kappa shape index (κ2) is 10.7. The van der Waals surface area contributed by atoms with Gasteiger partial charge in [0.15, 0.2) is 11.5 Å². The predicted molar refractivity (Wildman–Crippen MR) is 103 cm³/mol. The summed E-state index contributed by atoms with van der Waals surface area (Å²) in [6.45, 7) is 5.56. The van der Waals surface area contributed by atoms with Crippen molar-refractivity contribution in [3.63, 3.8) is 0 Å². The van der Waals surface area contributed by atoms with Gasteiger partial charge >= 0.3 is 0 Å². The highest BCUT2D eigenvalue weighted by Crippen LogP contribution is 2.28. The maximum Gasteiger partial charge on any atom is 0.230 e. The lowest BCUT2D eigenvalue weighted by Gasteiger charge is -2.12. The van der Waals surface area contributed by atoms with E-state index in [1.54, 1.807) is 12.1 Å². The molecule has 0 aromatic heterocycles. The molecule has 2 aromatic carbocycles. The quantitative estimate of drug-likeness (QED) is 0.634. The van der Waals surface area contributed by atoms with E-state index in [0.29, 0.717) is 31.9 Å². The van der Waals surface area contributed by atoms with E-state index in [1.165, 1.54) is 23.9 Å². The molecular formula is C20H24FNO3S. The highest BCUT2D eigenvalue weighted by Gasteiger charge is 2.07. The molecule has 0 fully saturated rings. The first-order valence-corrected chi connectivity index (χ1v) is 9.64. The number of halogens is 1. The van der Waals surface area contributed by atoms with Crippen LogP contribution < -0.4 is 14.8 Å². The monoisotopic (exact) mass is 377 g/mol. The minimum absolute atomic E-state index is 0.0460. The van der Waals surface area contributed by atoms with Crippen molar-refractivity contribution < 1.29 is 18.7 Å². The molecule has 26 heavy (non-hydrogen) atoms. The summed E-state index contributed by atoms with van der Waals surface area (Å²) in [5, 5.41) is 2.90. The van der Waals surface area contributed by atoms with Crippen molar-refractivity contribution in [1.82, 2.24) is 5.32 Å². The van der Waals surface area contributed by atoms with E-state index in [-0.39, 0.29) is 11.7 Å². The number of hydrogen-bond acceptors (Lipinski definition) is 4. The van der Waals surface area contributed by atoms with Crippen molar-refractivity contribution in [3.05, 3.63) is 53.8 Å². The largest absolute Gasteiger partial charge is 0.490 e. The lowest BCUT2D eigenvalue weighted by atomic mass is 10.1. The molecule has 0 heterocycles. The Balaban J connectivity index is 1.78. The van der Waals surface area contributed by atoms with E-state index in [4.69, 9.17) is 9.47 Å². The number of rotatable bonds is 10. The number of thioether (sulfide) groups is 1. The summed E-state index contributed by atoms with van der Waals surface area (Å²) in [4.78, 5) is 12.8. The van der Waals surface area contributed by atoms with Crippen LogP contribution in [0.3, 0.4) is 0 Å². The third-order valence-electron chi connectivity index (χ3n) is 3.53. The molecule has 0 spiro atoms. The molecule has 1 amide bonds. The van der Waals surface area contributed by atoms with Gasteiger partial charge in [0.05, 0.1) is 19.0 Å². The number of carbonyl (C=O) groups is 1. The third kappa shape index (κ3) is 6.59. The Morgan fingerprint density at radius 3 is 2.42 bits per heavy atom. The standard InChI is InChI=1S/C20H24FNO3S/c1-3-24-18-10-5-15(13-19(18)25-4-2)11-12-22-20(23)14-26-17-8-6-16(21)7-9-17/h5-10,13H,3-4,11-12,14H2,1-2H3,(H,22,23). The van der Waals surface area contributed by atoms with Crippen molar-refractivity contribution in [2.24, 2.45) is 0 Å². The van der Waals surface area contributed by atoms with Gasteiger partial charge in [-0.25, -0.2) is 4.39 Å². The summed E-state index contributed by atoms with van der Waals surface area (Å²) >= 11 is 1.38. The summed E-state index contributed by atoms with van der Waals surface area (Å²) < 4.78 is 24.0. The fourth-order valence-electron chi connectivity index (χ4n) is 2.33. The van der Waals surface area contributed by atoms with Crippen LogP contribution in [-0.2, 0) is 11.2 Å². The lowest BCUT2D eigenvalue weighted by Crippen LogP contribution is -2.27. The minimum Gasteiger partial charge on any atom is -0.490 e. The highest BCUT2D eigenvalue weighted by molar-refractivity contribution is 8.00. The van der Waals surface area contributed by atoms with Crippen LogP contribution in [0.4, 0.5) is 4.39 Å². The van der Waals surface area contributed by atoms with E-state index in [9.17, 15) is 9.18 Å². The maximum absolute atomic E-state index is 12.9. The fraction of sp³-hybridized carbons (Fsp3) is 0.350. The topological polar surface area (TPSA) is 47.6 Å². The molecule has 0 atom stereocenters. The summed E-state index contributed by atoms with van der Waals surface area (Å²) in [6, 6.07) is 12.0. The Kier molecular flexibility index (Phi) is 8.28. The zero-order valence-corrected chi connectivity index (χ0v) is 15.9. The Labute approximate surface area is 158 Å². The van der Waals surface area contributed by atoms with Crippen LogP contribution >= 0.6 is 11.8 Å². The van der Waals surface area contributed by atoms with Gasteiger partial charge in [0.25, 0.3) is 0 Å². The van der Waals surface area contributed by atoms with Gasteiger partial charge in [0.2, 0.25) is 5.91 Å². The smallest absolute Gasteiger partial charge is 0.230 e. The molecule has 0 bridgehead atoms. The van der Waals surface area contributed by atoms with Gasteiger partial charge in [-0.2, -0.15) is 0 Å². The number of ether oxygens (including phenoxy) is 2. The van der Waals surface area contributed by atoms with Crippen LogP contribution in [0, 0.1) is 5.82 Å². The molecule has 0 aliphatic carbocycles. The average molecular weight is 377 g/mol. The number of hydrogen-bond donors (Lipinski definition) is 1. The molecule has 4 nitrogen and oxygen atoms in total. The first kappa shape index (κ1) is 20.1. The average Bonchev–Trinajstić information content (AvgIpc) is 2.64. The normalized spacial score (nSPS) is 10.4. The first-order chi connectivity index (χ1) is 12.6. The van der Waals surface area contributed by atoms with Crippen molar-refractivity contribution in [2.45, 2.75) is 25.2 Å². The molecule has 1 N–H and O–H groups in total. The van der Waals surface area contributed by atoms with Gasteiger partial charge in [-0.05, 0) is 62.2 Å². The van der Waals surface area contributed by atoms with Crippen molar-refractivity contribution in [1.29, 1.82) is 0 Å². The van der Waals surface area contributed by atoms with Crippen molar-refractivity contribution in [2.75, 3.05) is 25.5 Å². The number of nitrogens with one attached hydrogen (secondary N) is 1. The number of benzene rings is 2. The Hall–Kier alpha value is -2.21. The van der Waals surface area contributed by atoms with E-state index in [2.05, 4.69) is 5.32 Å². The van der Waals surface area contributed by atoms with Crippen LogP contribution in [0.15, 0.2) is 47.4 Å². The second-order valence-corrected chi connectivity index (χ2v) is 6.54. The summed E-state index contributed by atoms with van der Waals surface area (Å²) in [5.74, 6) is 1.44. The molecule has 6 heteroatoms. The zero-order valence-electron chi connectivity index (χ0n) is 15.1. The molecule has 0 aliphatic heterocycles. The fourth-order valence-corrected chi connectivity index (χ4v) is 3.06. The van der Waals surface area contributed by atoms with Gasteiger partial charge in [-0.15, -0.1) is 11.8 Å². The van der Waals surface area contributed by atoms with Crippen LogP contribution in [-0.4, -0.2) is 31.4 Å². The summed E-state index contributed by atoms with van der Waals surface area (Å²) in [5.41, 5.74) is 1.07. The Morgan fingerprint density at radius 1 is 1.04 bits per heavy atom. The van der Waals surface area contributed by atoms with Crippen molar-refractivity contribution >= 4 is 17.7 Å². The van der Waals surface area contributed by atoms with E-state index >= 15 is 0 Å². The van der Waals surface area contributed by atoms with Gasteiger partial charge in [-0.3, -0.25) is 4.79 Å². The van der Waals surface area contributed by atoms with E-state index in [1.807, 2.05) is 32.0 Å². The van der Waals surface area contributed by atoms with Crippen LogP contribution in [0.5, 0.6) is 11.5 Å². The number of amides is 1. The van der Waals surface area contributed by atoms with E-state index < -0.39 is 0 Å². The van der Waals surface area contributed by atoms with Gasteiger partial charge < -0.3 is 14.8 Å². The third-order valence-corrected chi connectivity index (χ3v) is 4.54. The summed E-state index contributed by atoms with van der Waals surface area (Å²) in [6.07, 6.45) is 0.708. The van der Waals surface area contributed by atoms with Gasteiger partial charge in [-0.1, -0.05) is 6.07 Å². The second-order valence-electron chi connectivity index (χ2n) is 5.49.